The molecule has 5 atom stereocenters. The molecular weight excluding hydrogens is 328 g/mol. The Labute approximate surface area is 154 Å². The third kappa shape index (κ3) is 1.75. The van der Waals surface area contributed by atoms with E-state index in [9.17, 15) is 9.90 Å². The molecule has 0 amide bonds. The second kappa shape index (κ2) is 5.33. The van der Waals surface area contributed by atoms with Crippen LogP contribution >= 0.6 is 0 Å². The van der Waals surface area contributed by atoms with Gasteiger partial charge in [-0.1, -0.05) is 18.2 Å². The average Bonchev–Trinajstić information content (AvgIpc) is 3.21. The number of aliphatic hydroxyl groups excluding tert-OH is 1. The summed E-state index contributed by atoms with van der Waals surface area (Å²) in [5, 5.41) is 14.5. The van der Waals surface area contributed by atoms with Gasteiger partial charge in [0.2, 0.25) is 0 Å². The number of hydrogen-bond acceptors (Lipinski definition) is 4. The Bertz CT molecular complexity index is 817. The monoisotopic (exact) mass is 355 g/mol. The molecule has 0 bridgehead atoms. The molecule has 0 radical (unpaired) electrons. The number of rotatable bonds is 2. The first kappa shape index (κ1) is 16.3. The number of piperidine rings is 1. The van der Waals surface area contributed by atoms with Gasteiger partial charge in [-0.15, -0.1) is 0 Å². The molecule has 2 saturated heterocycles. The average molecular weight is 355 g/mol. The second-order valence-electron chi connectivity index (χ2n) is 8.52. The molecule has 1 aliphatic carbocycles. The van der Waals surface area contributed by atoms with Crippen molar-refractivity contribution in [2.24, 2.45) is 5.41 Å². The molecule has 3 N–H and O–H groups in total. The number of benzene rings is 1. The van der Waals surface area contributed by atoms with Gasteiger partial charge in [-0.05, 0) is 37.8 Å². The smallest absolute Gasteiger partial charge is 0.335 e. The lowest BCUT2D eigenvalue weighted by Gasteiger charge is -2.54. The molecule has 3 aliphatic heterocycles. The van der Waals surface area contributed by atoms with Crippen molar-refractivity contribution in [3.63, 3.8) is 0 Å². The molecule has 1 spiro atoms. The molecule has 26 heavy (non-hydrogen) atoms. The number of ether oxygens (including phenoxy) is 1. The Morgan fingerprint density at radius 3 is 2.92 bits per heavy atom. The second-order valence-corrected chi connectivity index (χ2v) is 8.52. The van der Waals surface area contributed by atoms with Crippen LogP contribution < -0.4 is 10.2 Å². The zero-order valence-electron chi connectivity index (χ0n) is 15.5. The summed E-state index contributed by atoms with van der Waals surface area (Å²) < 4.78 is 5.18. The summed E-state index contributed by atoms with van der Waals surface area (Å²) in [5.74, 6) is -0.253. The van der Waals surface area contributed by atoms with Crippen molar-refractivity contribution < 1.29 is 19.5 Å². The summed E-state index contributed by atoms with van der Waals surface area (Å²) in [7, 11) is 1.46. The van der Waals surface area contributed by atoms with Crippen LogP contribution in [0.3, 0.4) is 0 Å². The van der Waals surface area contributed by atoms with Crippen LogP contribution in [-0.4, -0.2) is 43.4 Å². The summed E-state index contributed by atoms with van der Waals surface area (Å²) in [4.78, 5) is 14.4. The van der Waals surface area contributed by atoms with Gasteiger partial charge in [0.1, 0.15) is 6.04 Å². The molecule has 5 heteroatoms. The molecule has 3 heterocycles. The van der Waals surface area contributed by atoms with Gasteiger partial charge in [0.05, 0.1) is 42.7 Å². The van der Waals surface area contributed by atoms with Crippen molar-refractivity contribution in [3.05, 3.63) is 41.1 Å². The standard InChI is InChI=1S/C21H26N2O3/c1-13(24)20-8-5-10-23-11-9-21(19(20)23)15-6-3-4-7-16(15)22-17(21)14(12-20)18(25)26-2/h3-4,6-7,13,19,22,24H,5,8-12H2,1-2H3/p+1/t13-,19+,20+,21+/m1/s1. The molecular formula is C21H27N2O3+. The number of esters is 1. The number of fused-ring (bicyclic) bond motifs is 1. The lowest BCUT2D eigenvalue weighted by atomic mass is 9.53. The molecule has 4 aliphatic rings. The Hall–Kier alpha value is -1.85. The van der Waals surface area contributed by atoms with Crippen LogP contribution in [0.1, 0.15) is 38.2 Å². The number of carbonyl (C=O) groups is 1. The molecule has 1 aromatic carbocycles. The highest BCUT2D eigenvalue weighted by Gasteiger charge is 2.70. The van der Waals surface area contributed by atoms with Gasteiger partial charge in [0.25, 0.3) is 0 Å². The van der Waals surface area contributed by atoms with Crippen LogP contribution in [0.5, 0.6) is 0 Å². The van der Waals surface area contributed by atoms with Crippen LogP contribution in [0, 0.1) is 5.41 Å². The molecule has 2 fully saturated rings. The molecule has 138 valence electrons. The lowest BCUT2D eigenvalue weighted by Crippen LogP contribution is -3.18. The van der Waals surface area contributed by atoms with Crippen molar-refractivity contribution in [2.45, 2.75) is 50.2 Å². The van der Waals surface area contributed by atoms with Crippen LogP contribution in [-0.2, 0) is 14.9 Å². The molecule has 1 unspecified atom stereocenters. The number of hydrogen-bond donors (Lipinski definition) is 3. The SMILES string of the molecule is COC(=O)C1=C2Nc3ccccc3[C@@]23CC[NH+]2CCC[C@@]([C@@H](C)O)(C1)[C@H]23. The Balaban J connectivity index is 1.82. The first-order chi connectivity index (χ1) is 12.5. The van der Waals surface area contributed by atoms with Gasteiger partial charge in [-0.2, -0.15) is 0 Å². The Morgan fingerprint density at radius 1 is 1.35 bits per heavy atom. The number of quaternary nitrogens is 1. The minimum absolute atomic E-state index is 0.203. The van der Waals surface area contributed by atoms with Crippen molar-refractivity contribution >= 4 is 11.7 Å². The summed E-state index contributed by atoms with van der Waals surface area (Å²) in [6.07, 6.45) is 3.24. The number of carbonyl (C=O) groups excluding carboxylic acids is 1. The Morgan fingerprint density at radius 2 is 2.15 bits per heavy atom. The summed E-state index contributed by atoms with van der Waals surface area (Å²) >= 11 is 0. The van der Waals surface area contributed by atoms with E-state index in [1.54, 1.807) is 4.90 Å². The van der Waals surface area contributed by atoms with E-state index in [0.717, 1.165) is 49.3 Å². The number of nitrogens with one attached hydrogen (secondary N) is 2. The summed E-state index contributed by atoms with van der Waals surface area (Å²) in [6, 6.07) is 8.76. The van der Waals surface area contributed by atoms with E-state index in [-0.39, 0.29) is 16.8 Å². The number of methoxy groups -OCH3 is 1. The van der Waals surface area contributed by atoms with Crippen molar-refractivity contribution in [2.75, 3.05) is 25.5 Å². The first-order valence-corrected chi connectivity index (χ1v) is 9.76. The number of aliphatic hydroxyl groups is 1. The maximum Gasteiger partial charge on any atom is 0.335 e. The third-order valence-corrected chi connectivity index (χ3v) is 7.64. The van der Waals surface area contributed by atoms with Gasteiger partial charge in [0, 0.05) is 17.8 Å². The minimum atomic E-state index is -0.452. The first-order valence-electron chi connectivity index (χ1n) is 9.76. The number of para-hydroxylation sites is 1. The van der Waals surface area contributed by atoms with Crippen LogP contribution in [0.25, 0.3) is 0 Å². The zero-order valence-corrected chi connectivity index (χ0v) is 15.5. The highest BCUT2D eigenvalue weighted by atomic mass is 16.5. The molecule has 1 aromatic rings. The molecule has 5 rings (SSSR count). The van der Waals surface area contributed by atoms with Crippen LogP contribution in [0.4, 0.5) is 5.69 Å². The number of anilines is 1. The molecule has 0 saturated carbocycles. The fraction of sp³-hybridized carbons (Fsp3) is 0.571. The van der Waals surface area contributed by atoms with E-state index >= 15 is 0 Å². The quantitative estimate of drug-likeness (QED) is 0.693. The van der Waals surface area contributed by atoms with Crippen LogP contribution in [0.15, 0.2) is 35.5 Å². The predicted molar refractivity (Wildman–Crippen MR) is 97.9 cm³/mol. The lowest BCUT2D eigenvalue weighted by molar-refractivity contribution is -0.929. The van der Waals surface area contributed by atoms with Gasteiger partial charge < -0.3 is 20.1 Å². The third-order valence-electron chi connectivity index (χ3n) is 7.64. The fourth-order valence-corrected chi connectivity index (χ4v) is 6.72. The zero-order chi connectivity index (χ0) is 18.1. The summed E-state index contributed by atoms with van der Waals surface area (Å²) in [5.41, 5.74) is 3.72. The van der Waals surface area contributed by atoms with Crippen molar-refractivity contribution in [1.29, 1.82) is 0 Å². The van der Waals surface area contributed by atoms with Crippen molar-refractivity contribution in [1.82, 2.24) is 0 Å². The van der Waals surface area contributed by atoms with Gasteiger partial charge in [-0.3, -0.25) is 0 Å². The Kier molecular flexibility index (Phi) is 3.35. The van der Waals surface area contributed by atoms with Crippen LogP contribution in [0.2, 0.25) is 0 Å². The predicted octanol–water partition coefficient (Wildman–Crippen LogP) is 0.999. The van der Waals surface area contributed by atoms with E-state index in [0.29, 0.717) is 12.5 Å². The van der Waals surface area contributed by atoms with Gasteiger partial charge >= 0.3 is 5.97 Å². The largest absolute Gasteiger partial charge is 0.466 e. The molecule has 0 aromatic heterocycles. The van der Waals surface area contributed by atoms with E-state index < -0.39 is 6.10 Å². The maximum absolute atomic E-state index is 12.8. The van der Waals surface area contributed by atoms with E-state index in [4.69, 9.17) is 4.74 Å². The van der Waals surface area contributed by atoms with Gasteiger partial charge in [-0.25, -0.2) is 4.79 Å². The minimum Gasteiger partial charge on any atom is -0.466 e. The highest BCUT2D eigenvalue weighted by molar-refractivity contribution is 5.93. The topological polar surface area (TPSA) is 63.0 Å². The maximum atomic E-state index is 12.8. The summed E-state index contributed by atoms with van der Waals surface area (Å²) in [6.45, 7) is 4.17. The highest BCUT2D eigenvalue weighted by Crippen LogP contribution is 2.61. The van der Waals surface area contributed by atoms with Crippen molar-refractivity contribution in [3.8, 4) is 0 Å². The fourth-order valence-electron chi connectivity index (χ4n) is 6.72. The van der Waals surface area contributed by atoms with Gasteiger partial charge in [0.15, 0.2) is 0 Å². The van der Waals surface area contributed by atoms with E-state index in [2.05, 4.69) is 23.5 Å². The van der Waals surface area contributed by atoms with E-state index in [1.807, 2.05) is 13.0 Å². The van der Waals surface area contributed by atoms with E-state index in [1.165, 1.54) is 12.7 Å². The normalized spacial score (nSPS) is 38.1. The molecule has 5 nitrogen and oxygen atoms in total.